The van der Waals surface area contributed by atoms with Gasteiger partial charge in [-0.15, -0.1) is 0 Å². The molecule has 5 aliphatic carbocycles. The fraction of sp³-hybridized carbons (Fsp3) is 0.861. The minimum absolute atomic E-state index is 0.0171. The average molecular weight is 585 g/mol. The van der Waals surface area contributed by atoms with Crippen molar-refractivity contribution in [2.45, 2.75) is 139 Å². The molecular formula is C36H56O6. The fourth-order valence-electron chi connectivity index (χ4n) is 11.4. The summed E-state index contributed by atoms with van der Waals surface area (Å²) in [6.07, 6.45) is 11.5. The minimum atomic E-state index is -1.15. The van der Waals surface area contributed by atoms with Gasteiger partial charge in [-0.2, -0.15) is 0 Å². The number of hydrogen-bond acceptors (Lipinski definition) is 4. The second-order valence-electron chi connectivity index (χ2n) is 17.9. The zero-order chi connectivity index (χ0) is 31.3. The highest BCUT2D eigenvalue weighted by Gasteiger charge is 2.69. The third-order valence-corrected chi connectivity index (χ3v) is 14.4. The molecule has 5 aliphatic rings. The highest BCUT2D eigenvalue weighted by atomic mass is 16.5. The van der Waals surface area contributed by atoms with Gasteiger partial charge in [0.1, 0.15) is 6.10 Å². The summed E-state index contributed by atoms with van der Waals surface area (Å²) in [7, 11) is 0. The van der Waals surface area contributed by atoms with Gasteiger partial charge in [0, 0.05) is 5.41 Å². The van der Waals surface area contributed by atoms with Gasteiger partial charge in [0.25, 0.3) is 0 Å². The number of carboxylic acid groups (broad SMARTS) is 2. The van der Waals surface area contributed by atoms with Crippen molar-refractivity contribution in [2.75, 3.05) is 0 Å². The molecule has 0 aromatic heterocycles. The Labute approximate surface area is 253 Å². The first-order valence-corrected chi connectivity index (χ1v) is 16.5. The molecule has 6 heteroatoms. The molecule has 0 radical (unpaired) electrons. The van der Waals surface area contributed by atoms with Gasteiger partial charge in [-0.25, -0.2) is 0 Å². The number of hydrogen-bond donors (Lipinski definition) is 2. The van der Waals surface area contributed by atoms with Crippen LogP contribution in [-0.2, 0) is 19.1 Å². The number of fused-ring (bicyclic) bond motifs is 7. The summed E-state index contributed by atoms with van der Waals surface area (Å²) in [6.45, 7) is 19.8. The lowest BCUT2D eigenvalue weighted by Crippen LogP contribution is -2.65. The van der Waals surface area contributed by atoms with E-state index in [1.807, 2.05) is 0 Å². The van der Waals surface area contributed by atoms with Crippen molar-refractivity contribution >= 4 is 17.9 Å². The van der Waals surface area contributed by atoms with Crippen LogP contribution in [0.15, 0.2) is 11.6 Å². The van der Waals surface area contributed by atoms with Crippen molar-refractivity contribution in [3.63, 3.8) is 0 Å². The summed E-state index contributed by atoms with van der Waals surface area (Å²) in [5.41, 5.74) is -0.236. The van der Waals surface area contributed by atoms with Crippen LogP contribution in [0.5, 0.6) is 0 Å². The molecule has 8 atom stereocenters. The van der Waals surface area contributed by atoms with Crippen molar-refractivity contribution in [1.82, 2.24) is 0 Å². The van der Waals surface area contributed by atoms with Gasteiger partial charge in [-0.3, -0.25) is 14.4 Å². The summed E-state index contributed by atoms with van der Waals surface area (Å²) in [5.74, 6) is -1.01. The van der Waals surface area contributed by atoms with Crippen LogP contribution in [0.3, 0.4) is 0 Å². The quantitative estimate of drug-likeness (QED) is 0.249. The number of esters is 1. The largest absolute Gasteiger partial charge is 0.481 e. The zero-order valence-corrected chi connectivity index (χ0v) is 27.7. The third-order valence-electron chi connectivity index (χ3n) is 14.4. The van der Waals surface area contributed by atoms with Crippen LogP contribution < -0.4 is 0 Å². The van der Waals surface area contributed by atoms with Gasteiger partial charge in [0.2, 0.25) is 0 Å². The van der Waals surface area contributed by atoms with Crippen molar-refractivity contribution in [2.24, 2.45) is 55.7 Å². The molecule has 0 aromatic carbocycles. The number of carbonyl (C=O) groups excluding carboxylic acids is 1. The van der Waals surface area contributed by atoms with Crippen LogP contribution in [0, 0.1) is 55.7 Å². The first-order valence-electron chi connectivity index (χ1n) is 16.5. The average Bonchev–Trinajstić information content (AvgIpc) is 2.85. The Bertz CT molecular complexity index is 1200. The van der Waals surface area contributed by atoms with Gasteiger partial charge in [0.05, 0.1) is 17.3 Å². The van der Waals surface area contributed by atoms with Gasteiger partial charge in [-0.05, 0) is 117 Å². The number of ether oxygens (including phenoxy) is 1. The Kier molecular flexibility index (Phi) is 7.20. The van der Waals surface area contributed by atoms with Crippen molar-refractivity contribution in [1.29, 1.82) is 0 Å². The van der Waals surface area contributed by atoms with E-state index in [0.29, 0.717) is 11.8 Å². The monoisotopic (exact) mass is 584 g/mol. The highest BCUT2D eigenvalue weighted by molar-refractivity contribution is 5.81. The molecule has 5 rings (SSSR count). The molecule has 0 heterocycles. The Balaban J connectivity index is 1.45. The molecule has 6 nitrogen and oxygen atoms in total. The number of allylic oxidation sites excluding steroid dienone is 2. The second kappa shape index (κ2) is 9.57. The van der Waals surface area contributed by atoms with Crippen LogP contribution in [0.25, 0.3) is 0 Å². The molecule has 0 aliphatic heterocycles. The summed E-state index contributed by atoms with van der Waals surface area (Å²) < 4.78 is 6.10. The molecule has 42 heavy (non-hydrogen) atoms. The first-order chi connectivity index (χ1) is 19.2. The lowest BCUT2D eigenvalue weighted by atomic mass is 9.33. The molecule has 2 unspecified atom stereocenters. The van der Waals surface area contributed by atoms with E-state index in [1.54, 1.807) is 13.8 Å². The van der Waals surface area contributed by atoms with Gasteiger partial charge >= 0.3 is 17.9 Å². The van der Waals surface area contributed by atoms with Gasteiger partial charge in [0.15, 0.2) is 0 Å². The lowest BCUT2D eigenvalue weighted by molar-refractivity contribution is -0.214. The summed E-state index contributed by atoms with van der Waals surface area (Å²) in [4.78, 5) is 37.5. The van der Waals surface area contributed by atoms with Gasteiger partial charge < -0.3 is 14.9 Å². The summed E-state index contributed by atoms with van der Waals surface area (Å²) in [5, 5.41) is 20.1. The molecule has 2 N–H and O–H groups in total. The molecule has 0 spiro atoms. The van der Waals surface area contributed by atoms with E-state index in [9.17, 15) is 24.6 Å². The van der Waals surface area contributed by atoms with E-state index >= 15 is 0 Å². The molecule has 0 amide bonds. The van der Waals surface area contributed by atoms with Gasteiger partial charge in [-0.1, -0.05) is 60.1 Å². The second-order valence-corrected chi connectivity index (χ2v) is 17.9. The Morgan fingerprint density at radius 3 is 2.14 bits per heavy atom. The number of carbonyl (C=O) groups is 3. The molecule has 4 saturated carbocycles. The molecule has 0 saturated heterocycles. The van der Waals surface area contributed by atoms with E-state index in [0.717, 1.165) is 64.2 Å². The standard InChI is InChI=1S/C36H56O6/c1-30(2)16-18-36(29(40)41)19-17-34(8)22(23(36)20-30)10-11-25-33(7)14-13-26(42-27(37)21-31(3,4)28(38)39)32(5,6)24(33)12-15-35(25,34)9/h10,23-26H,11-21H2,1-9H3,(H,38,39)(H,40,41)/t23-,24?,25?,26-,33-,34+,35+,36-/m0/s1. The first kappa shape index (κ1) is 31.6. The predicted molar refractivity (Wildman–Crippen MR) is 163 cm³/mol. The number of carboxylic acids is 2. The maximum atomic E-state index is 12.9. The predicted octanol–water partition coefficient (Wildman–Crippen LogP) is 8.29. The highest BCUT2D eigenvalue weighted by Crippen LogP contribution is 2.75. The summed E-state index contributed by atoms with van der Waals surface area (Å²) in [6, 6.07) is 0. The number of aliphatic carboxylic acids is 2. The Morgan fingerprint density at radius 1 is 0.881 bits per heavy atom. The van der Waals surface area contributed by atoms with Crippen molar-refractivity contribution < 1.29 is 29.3 Å². The third kappa shape index (κ3) is 4.34. The van der Waals surface area contributed by atoms with Crippen LogP contribution >= 0.6 is 0 Å². The Hall–Kier alpha value is -1.85. The van der Waals surface area contributed by atoms with Crippen LogP contribution in [-0.4, -0.2) is 34.2 Å². The van der Waals surface area contributed by atoms with E-state index in [-0.39, 0.29) is 45.5 Å². The minimum Gasteiger partial charge on any atom is -0.481 e. The van der Waals surface area contributed by atoms with E-state index in [4.69, 9.17) is 4.74 Å². The summed E-state index contributed by atoms with van der Waals surface area (Å²) >= 11 is 0. The van der Waals surface area contributed by atoms with E-state index in [1.165, 1.54) is 5.57 Å². The molecule has 0 bridgehead atoms. The lowest BCUT2D eigenvalue weighted by Gasteiger charge is -2.71. The zero-order valence-electron chi connectivity index (χ0n) is 27.7. The number of rotatable bonds is 5. The maximum absolute atomic E-state index is 12.9. The topological polar surface area (TPSA) is 101 Å². The van der Waals surface area contributed by atoms with Crippen LogP contribution in [0.2, 0.25) is 0 Å². The van der Waals surface area contributed by atoms with Crippen molar-refractivity contribution in [3.05, 3.63) is 11.6 Å². The fourth-order valence-corrected chi connectivity index (χ4v) is 11.4. The molecular weight excluding hydrogens is 528 g/mol. The molecule has 4 fully saturated rings. The van der Waals surface area contributed by atoms with E-state index in [2.05, 4.69) is 54.5 Å². The SMILES string of the molecule is CC1(C)CC[C@]2(C(=O)O)CC[C@]3(C)C(=CCC4[C@@]5(C)CC[C@H](OC(=O)CC(C)(C)C(=O)O)C(C)(C)C5CC[C@]43C)[C@@H]2C1. The normalized spacial score (nSPS) is 43.9. The van der Waals surface area contributed by atoms with Crippen molar-refractivity contribution in [3.8, 4) is 0 Å². The smallest absolute Gasteiger partial charge is 0.310 e. The molecule has 236 valence electrons. The molecule has 0 aromatic rings. The van der Waals surface area contributed by atoms with E-state index < -0.39 is 28.7 Å². The Morgan fingerprint density at radius 2 is 1.52 bits per heavy atom. The maximum Gasteiger partial charge on any atom is 0.310 e. The van der Waals surface area contributed by atoms with Crippen LogP contribution in [0.4, 0.5) is 0 Å². The van der Waals surface area contributed by atoms with Crippen LogP contribution in [0.1, 0.15) is 133 Å².